The van der Waals surface area contributed by atoms with Crippen molar-refractivity contribution in [3.8, 4) is 28.1 Å². The molecule has 0 radical (unpaired) electrons. The van der Waals surface area contributed by atoms with Crippen molar-refractivity contribution in [1.82, 2.24) is 30.2 Å². The molecule has 1 atom stereocenters. The molecule has 0 saturated heterocycles. The number of rotatable bonds is 6. The molecule has 0 bridgehead atoms. The number of carbonyl (C=O) groups is 1. The van der Waals surface area contributed by atoms with Crippen molar-refractivity contribution >= 4 is 23.4 Å². The molecule has 0 fully saturated rings. The number of amides is 1. The van der Waals surface area contributed by atoms with Crippen LogP contribution < -0.4 is 10.0 Å². The van der Waals surface area contributed by atoms with Gasteiger partial charge in [0.2, 0.25) is 11.3 Å². The molecule has 5 aromatic rings. The lowest BCUT2D eigenvalue weighted by molar-refractivity contribution is -0.620. The number of hydrogen-bond acceptors (Lipinski definition) is 7. The fourth-order valence-electron chi connectivity index (χ4n) is 5.10. The number of hydrogen-bond donors (Lipinski definition) is 3. The number of anilines is 1. The average molecular weight is 545 g/mol. The van der Waals surface area contributed by atoms with E-state index >= 15 is 0 Å². The Morgan fingerprint density at radius 1 is 1.23 bits per heavy atom. The maximum absolute atomic E-state index is 13.6. The molecule has 0 spiro atoms. The number of aromatic nitrogens is 7. The predicted molar refractivity (Wildman–Crippen MR) is 140 cm³/mol. The van der Waals surface area contributed by atoms with E-state index in [-0.39, 0.29) is 0 Å². The van der Waals surface area contributed by atoms with Gasteiger partial charge in [-0.2, -0.15) is 9.41 Å². The summed E-state index contributed by atoms with van der Waals surface area (Å²) in [6, 6.07) is 14.1. The number of fused-ring (bicyclic) bond motifs is 1. The Bertz CT molecular complexity index is 1690. The van der Waals surface area contributed by atoms with Gasteiger partial charge in [-0.3, -0.25) is 5.32 Å². The molecule has 12 nitrogen and oxygen atoms in total. The zero-order chi connectivity index (χ0) is 27.1. The molecule has 1 aliphatic carbocycles. The van der Waals surface area contributed by atoms with Crippen LogP contribution in [-0.2, 0) is 16.8 Å². The maximum Gasteiger partial charge on any atom is 0.409 e. The fraction of sp³-hybridized carbons (Fsp3) is 0.154. The SMILES string of the molecule is COC1(c2ncc(-c3ccc(NC(=O)O)cc3)[nH]2)CCc2cc(-c3cc(Cl)ccc3-n3cnnn3)c[n+]([O-])c21. The van der Waals surface area contributed by atoms with Gasteiger partial charge in [-0.25, -0.2) is 9.78 Å². The van der Waals surface area contributed by atoms with Gasteiger partial charge in [0.05, 0.1) is 17.6 Å². The quantitative estimate of drug-likeness (QED) is 0.214. The topological polar surface area (TPSA) is 158 Å². The molecule has 3 aromatic heterocycles. The number of aryl methyl sites for hydroxylation is 1. The van der Waals surface area contributed by atoms with Crippen molar-refractivity contribution in [2.75, 3.05) is 12.4 Å². The lowest BCUT2D eigenvalue weighted by atomic mass is 9.98. The number of methoxy groups -OCH3 is 1. The van der Waals surface area contributed by atoms with Gasteiger partial charge in [-0.15, -0.1) is 5.10 Å². The van der Waals surface area contributed by atoms with E-state index in [2.05, 4.69) is 30.8 Å². The van der Waals surface area contributed by atoms with E-state index < -0.39 is 11.7 Å². The minimum absolute atomic E-state index is 0.454. The first-order chi connectivity index (χ1) is 18.9. The van der Waals surface area contributed by atoms with Gasteiger partial charge in [0.1, 0.15) is 12.2 Å². The molecule has 39 heavy (non-hydrogen) atoms. The molecular formula is C26H21ClN8O4. The largest absolute Gasteiger partial charge is 0.618 e. The smallest absolute Gasteiger partial charge is 0.409 e. The van der Waals surface area contributed by atoms with Gasteiger partial charge in [-0.05, 0) is 65.2 Å². The number of halogens is 1. The Balaban J connectivity index is 1.38. The molecule has 196 valence electrons. The second-order valence-electron chi connectivity index (χ2n) is 9.03. The van der Waals surface area contributed by atoms with Gasteiger partial charge in [0, 0.05) is 34.5 Å². The van der Waals surface area contributed by atoms with Crippen LogP contribution in [0.1, 0.15) is 23.5 Å². The average Bonchev–Trinajstić information content (AvgIpc) is 3.69. The Hall–Kier alpha value is -4.81. The Morgan fingerprint density at radius 2 is 2.05 bits per heavy atom. The van der Waals surface area contributed by atoms with Crippen molar-refractivity contribution in [1.29, 1.82) is 0 Å². The Labute approximate surface area is 226 Å². The van der Waals surface area contributed by atoms with Crippen LogP contribution in [-0.4, -0.2) is 48.5 Å². The standard InChI is InChI=1S/C26H21ClN8O4/c1-39-26(24-28-12-21(31-24)15-2-5-19(6-3-15)30-25(36)37)9-8-16-10-17(13-35(38)23(16)26)20-11-18(27)4-7-22(20)34-14-29-32-33-34/h2-7,10-14,30H,8-9H2,1H3,(H,28,31)(H,36,37). The van der Waals surface area contributed by atoms with Gasteiger partial charge in [0.25, 0.3) is 0 Å². The zero-order valence-electron chi connectivity index (χ0n) is 20.5. The molecule has 3 N–H and O–H groups in total. The summed E-state index contributed by atoms with van der Waals surface area (Å²) in [5.41, 5.74) is 4.22. The highest BCUT2D eigenvalue weighted by atomic mass is 35.5. The van der Waals surface area contributed by atoms with Crippen molar-refractivity contribution < 1.29 is 19.4 Å². The number of carboxylic acid groups (broad SMARTS) is 1. The summed E-state index contributed by atoms with van der Waals surface area (Å²) < 4.78 is 8.36. The van der Waals surface area contributed by atoms with Crippen LogP contribution in [0.3, 0.4) is 0 Å². The number of nitrogens with zero attached hydrogens (tertiary/aromatic N) is 6. The van der Waals surface area contributed by atoms with Crippen LogP contribution in [0.5, 0.6) is 0 Å². The van der Waals surface area contributed by atoms with Gasteiger partial charge >= 0.3 is 6.09 Å². The third-order valence-corrected chi connectivity index (χ3v) is 7.09. The molecule has 3 heterocycles. The summed E-state index contributed by atoms with van der Waals surface area (Å²) in [5.74, 6) is 0.501. The van der Waals surface area contributed by atoms with Crippen LogP contribution >= 0.6 is 11.6 Å². The number of tetrazole rings is 1. The van der Waals surface area contributed by atoms with E-state index in [9.17, 15) is 10.0 Å². The first-order valence-electron chi connectivity index (χ1n) is 11.9. The third kappa shape index (κ3) is 4.25. The number of pyridine rings is 1. The van der Waals surface area contributed by atoms with Crippen LogP contribution in [0.25, 0.3) is 28.1 Å². The van der Waals surface area contributed by atoms with Crippen molar-refractivity contribution in [3.05, 3.63) is 94.6 Å². The number of imidazole rings is 1. The minimum atomic E-state index is -1.13. The zero-order valence-corrected chi connectivity index (χ0v) is 21.3. The van der Waals surface area contributed by atoms with Crippen LogP contribution in [0.2, 0.25) is 5.02 Å². The number of nitrogens with one attached hydrogen (secondary N) is 2. The Kier molecular flexibility index (Phi) is 5.97. The predicted octanol–water partition coefficient (Wildman–Crippen LogP) is 3.93. The second kappa shape index (κ2) is 9.49. The molecule has 1 aliphatic rings. The molecule has 13 heteroatoms. The van der Waals surface area contributed by atoms with Crippen molar-refractivity contribution in [3.63, 3.8) is 0 Å². The monoisotopic (exact) mass is 544 g/mol. The second-order valence-corrected chi connectivity index (χ2v) is 9.46. The van der Waals surface area contributed by atoms with E-state index in [1.165, 1.54) is 17.2 Å². The summed E-state index contributed by atoms with van der Waals surface area (Å²) in [7, 11) is 1.56. The third-order valence-electron chi connectivity index (χ3n) is 6.86. The number of benzene rings is 2. The van der Waals surface area contributed by atoms with E-state index in [1.54, 1.807) is 55.8 Å². The lowest BCUT2D eigenvalue weighted by Gasteiger charge is -2.24. The van der Waals surface area contributed by atoms with Gasteiger partial charge < -0.3 is 20.0 Å². The van der Waals surface area contributed by atoms with E-state index in [0.29, 0.717) is 57.6 Å². The van der Waals surface area contributed by atoms with Crippen molar-refractivity contribution in [2.45, 2.75) is 18.4 Å². The summed E-state index contributed by atoms with van der Waals surface area (Å²) in [4.78, 5) is 18.8. The summed E-state index contributed by atoms with van der Waals surface area (Å²) in [6.45, 7) is 0. The first kappa shape index (κ1) is 24.5. The van der Waals surface area contributed by atoms with E-state index in [0.717, 1.165) is 15.9 Å². The highest BCUT2D eigenvalue weighted by molar-refractivity contribution is 6.31. The first-order valence-corrected chi connectivity index (χ1v) is 12.3. The highest BCUT2D eigenvalue weighted by Gasteiger charge is 2.50. The number of aromatic amines is 1. The number of ether oxygens (including phenoxy) is 1. The van der Waals surface area contributed by atoms with Crippen molar-refractivity contribution in [2.24, 2.45) is 0 Å². The molecule has 6 rings (SSSR count). The molecular weight excluding hydrogens is 524 g/mol. The molecule has 1 amide bonds. The highest BCUT2D eigenvalue weighted by Crippen LogP contribution is 2.43. The normalized spacial score (nSPS) is 16.3. The fourth-order valence-corrected chi connectivity index (χ4v) is 5.27. The van der Waals surface area contributed by atoms with E-state index in [1.807, 2.05) is 6.07 Å². The summed E-state index contributed by atoms with van der Waals surface area (Å²) in [6.07, 6.45) is 4.60. The number of H-pyrrole nitrogens is 1. The maximum atomic E-state index is 13.6. The van der Waals surface area contributed by atoms with Crippen LogP contribution in [0.4, 0.5) is 10.5 Å². The van der Waals surface area contributed by atoms with Crippen LogP contribution in [0, 0.1) is 5.21 Å². The lowest BCUT2D eigenvalue weighted by Crippen LogP contribution is -2.43. The summed E-state index contributed by atoms with van der Waals surface area (Å²) >= 11 is 6.31. The molecule has 0 aliphatic heterocycles. The molecule has 2 aromatic carbocycles. The Morgan fingerprint density at radius 3 is 2.77 bits per heavy atom. The molecule has 1 unspecified atom stereocenters. The van der Waals surface area contributed by atoms with Gasteiger partial charge in [-0.1, -0.05) is 23.7 Å². The van der Waals surface area contributed by atoms with E-state index in [4.69, 9.17) is 21.4 Å². The minimum Gasteiger partial charge on any atom is -0.618 e. The van der Waals surface area contributed by atoms with Crippen LogP contribution in [0.15, 0.2) is 67.3 Å². The van der Waals surface area contributed by atoms with Gasteiger partial charge in [0.15, 0.2) is 6.20 Å². The summed E-state index contributed by atoms with van der Waals surface area (Å²) in [5, 5.41) is 36.7. The molecule has 0 saturated carbocycles.